The number of methoxy groups -OCH3 is 1. The minimum Gasteiger partial charge on any atom is -0.496 e. The van der Waals surface area contributed by atoms with Crippen LogP contribution in [0.1, 0.15) is 10.4 Å². The van der Waals surface area contributed by atoms with E-state index in [9.17, 15) is 13.2 Å². The lowest BCUT2D eigenvalue weighted by Gasteiger charge is -2.13. The number of aromatic nitrogens is 1. The van der Waals surface area contributed by atoms with E-state index in [0.29, 0.717) is 32.7 Å². The highest BCUT2D eigenvalue weighted by atomic mass is 35.5. The number of nitrogens with zero attached hydrogens (tertiary/aromatic N) is 1. The van der Waals surface area contributed by atoms with Crippen molar-refractivity contribution in [3.63, 3.8) is 0 Å². The summed E-state index contributed by atoms with van der Waals surface area (Å²) in [5, 5.41) is 0.949. The normalized spacial score (nSPS) is 11.1. The van der Waals surface area contributed by atoms with Crippen LogP contribution in [-0.4, -0.2) is 32.7 Å². The first-order valence-electron chi connectivity index (χ1n) is 8.56. The van der Waals surface area contributed by atoms with Gasteiger partial charge in [0.25, 0.3) is 5.91 Å². The molecule has 162 valence electrons. The zero-order valence-electron chi connectivity index (χ0n) is 16.1. The van der Waals surface area contributed by atoms with Crippen molar-refractivity contribution in [3.8, 4) is 28.5 Å². The Hall–Kier alpha value is -2.52. The third-order valence-electron chi connectivity index (χ3n) is 3.88. The predicted molar refractivity (Wildman–Crippen MR) is 120 cm³/mol. The monoisotopic (exact) mass is 500 g/mol. The second-order valence-corrected chi connectivity index (χ2v) is 9.35. The molecule has 1 aromatic heterocycles. The molecule has 3 aromatic rings. The van der Waals surface area contributed by atoms with Gasteiger partial charge in [-0.15, -0.1) is 0 Å². The Morgan fingerprint density at radius 3 is 2.29 bits per heavy atom. The summed E-state index contributed by atoms with van der Waals surface area (Å²) in [6, 6.07) is 12.4. The number of pyridine rings is 1. The lowest BCUT2D eigenvalue weighted by atomic mass is 10.0. The largest absolute Gasteiger partial charge is 0.496 e. The van der Waals surface area contributed by atoms with Gasteiger partial charge >= 0.3 is 0 Å². The Bertz CT molecular complexity index is 1250. The number of amides is 1. The van der Waals surface area contributed by atoms with Crippen LogP contribution >= 0.6 is 34.8 Å². The van der Waals surface area contributed by atoms with Gasteiger partial charge in [0.15, 0.2) is 0 Å². The van der Waals surface area contributed by atoms with Crippen LogP contribution < -0.4 is 14.2 Å². The van der Waals surface area contributed by atoms with Crippen molar-refractivity contribution >= 4 is 50.7 Å². The van der Waals surface area contributed by atoms with Crippen molar-refractivity contribution in [2.75, 3.05) is 13.4 Å². The molecule has 1 N–H and O–H groups in total. The molecule has 11 heteroatoms. The molecule has 0 spiro atoms. The number of hydrogen-bond acceptors (Lipinski definition) is 6. The van der Waals surface area contributed by atoms with Gasteiger partial charge in [0.2, 0.25) is 15.9 Å². The van der Waals surface area contributed by atoms with Crippen LogP contribution in [0.5, 0.6) is 17.4 Å². The fourth-order valence-electron chi connectivity index (χ4n) is 2.69. The average molecular weight is 502 g/mol. The van der Waals surface area contributed by atoms with Crippen molar-refractivity contribution in [2.45, 2.75) is 0 Å². The fourth-order valence-corrected chi connectivity index (χ4v) is 3.85. The smallest absolute Gasteiger partial charge is 0.264 e. The molecule has 0 saturated carbocycles. The van der Waals surface area contributed by atoms with Crippen molar-refractivity contribution < 1.29 is 22.7 Å². The molecule has 7 nitrogen and oxygen atoms in total. The van der Waals surface area contributed by atoms with Crippen LogP contribution in [0.2, 0.25) is 15.2 Å². The van der Waals surface area contributed by atoms with E-state index in [4.69, 9.17) is 44.3 Å². The molecule has 2 aromatic carbocycles. The Morgan fingerprint density at radius 1 is 1.00 bits per heavy atom. The van der Waals surface area contributed by atoms with Gasteiger partial charge in [-0.25, -0.2) is 18.1 Å². The van der Waals surface area contributed by atoms with Crippen LogP contribution in [0.3, 0.4) is 0 Å². The molecule has 0 radical (unpaired) electrons. The first-order chi connectivity index (χ1) is 14.5. The maximum absolute atomic E-state index is 12.1. The van der Waals surface area contributed by atoms with Gasteiger partial charge < -0.3 is 9.47 Å². The minimum atomic E-state index is -3.70. The van der Waals surface area contributed by atoms with Gasteiger partial charge in [0.1, 0.15) is 16.7 Å². The van der Waals surface area contributed by atoms with Crippen LogP contribution in [0.15, 0.2) is 48.5 Å². The van der Waals surface area contributed by atoms with Gasteiger partial charge in [0, 0.05) is 27.2 Å². The molecule has 31 heavy (non-hydrogen) atoms. The second kappa shape index (κ2) is 9.32. The Labute approximate surface area is 193 Å². The van der Waals surface area contributed by atoms with Crippen LogP contribution in [0, 0.1) is 0 Å². The van der Waals surface area contributed by atoms with E-state index < -0.39 is 15.9 Å². The quantitative estimate of drug-likeness (QED) is 0.467. The molecule has 1 amide bonds. The molecule has 0 fully saturated rings. The summed E-state index contributed by atoms with van der Waals surface area (Å²) in [6.07, 6.45) is 0.893. The maximum Gasteiger partial charge on any atom is 0.264 e. The van der Waals surface area contributed by atoms with Gasteiger partial charge in [-0.2, -0.15) is 0 Å². The molecular weight excluding hydrogens is 487 g/mol. The zero-order valence-corrected chi connectivity index (χ0v) is 19.2. The fraction of sp³-hybridized carbons (Fsp3) is 0.100. The number of benzene rings is 2. The van der Waals surface area contributed by atoms with E-state index in [1.807, 2.05) is 4.72 Å². The lowest BCUT2D eigenvalue weighted by molar-refractivity contribution is 0.0981. The van der Waals surface area contributed by atoms with Crippen LogP contribution in [0.4, 0.5) is 0 Å². The summed E-state index contributed by atoms with van der Waals surface area (Å²) < 4.78 is 35.6. The lowest BCUT2D eigenvalue weighted by Crippen LogP contribution is -2.29. The highest BCUT2D eigenvalue weighted by Gasteiger charge is 2.16. The number of hydrogen-bond donors (Lipinski definition) is 1. The van der Waals surface area contributed by atoms with Gasteiger partial charge in [-0.1, -0.05) is 34.8 Å². The number of sulfonamides is 1. The van der Waals surface area contributed by atoms with E-state index in [2.05, 4.69) is 4.98 Å². The SMILES string of the molecule is COc1cc(C(=O)NS(C)(=O)=O)ccc1-c1cc(Cl)nc(Oc2cc(Cl)cc(Cl)c2)c1. The molecule has 0 aliphatic carbocycles. The van der Waals surface area contributed by atoms with Gasteiger partial charge in [-0.05, 0) is 48.0 Å². The highest BCUT2D eigenvalue weighted by molar-refractivity contribution is 7.89. The number of ether oxygens (including phenoxy) is 2. The molecular formula is C20H15Cl3N2O5S. The molecule has 1 heterocycles. The van der Waals surface area contributed by atoms with Crippen molar-refractivity contribution in [1.29, 1.82) is 0 Å². The summed E-state index contributed by atoms with van der Waals surface area (Å²) in [5.74, 6) is 0.0990. The van der Waals surface area contributed by atoms with Crippen LogP contribution in [0.25, 0.3) is 11.1 Å². The Kier molecular flexibility index (Phi) is 6.96. The van der Waals surface area contributed by atoms with Crippen LogP contribution in [-0.2, 0) is 10.0 Å². The topological polar surface area (TPSA) is 94.6 Å². The number of carbonyl (C=O) groups is 1. The number of nitrogens with one attached hydrogen (secondary N) is 1. The third-order valence-corrected chi connectivity index (χ3v) is 5.07. The van der Waals surface area contributed by atoms with E-state index in [0.717, 1.165) is 6.26 Å². The predicted octanol–water partition coefficient (Wildman–Crippen LogP) is 5.20. The minimum absolute atomic E-state index is 0.108. The molecule has 0 aliphatic rings. The van der Waals surface area contributed by atoms with Crippen molar-refractivity contribution in [1.82, 2.24) is 9.71 Å². The second-order valence-electron chi connectivity index (χ2n) is 6.34. The van der Waals surface area contributed by atoms with Gasteiger partial charge in [-0.3, -0.25) is 4.79 Å². The zero-order chi connectivity index (χ0) is 22.8. The summed E-state index contributed by atoms with van der Waals surface area (Å²) in [5.41, 5.74) is 1.28. The van der Waals surface area contributed by atoms with Crippen molar-refractivity contribution in [2.24, 2.45) is 0 Å². The third kappa shape index (κ3) is 6.24. The summed E-state index contributed by atoms with van der Waals surface area (Å²) in [6.45, 7) is 0. The first kappa shape index (κ1) is 23.1. The average Bonchev–Trinajstić information content (AvgIpc) is 2.64. The summed E-state index contributed by atoms with van der Waals surface area (Å²) in [7, 11) is -2.28. The molecule has 0 bridgehead atoms. The molecule has 3 rings (SSSR count). The summed E-state index contributed by atoms with van der Waals surface area (Å²) >= 11 is 18.2. The number of carbonyl (C=O) groups excluding carboxylic acids is 1. The number of halogens is 3. The Balaban J connectivity index is 1.97. The molecule has 0 saturated heterocycles. The standard InChI is InChI=1S/C20H15Cl3N2O5S/c1-29-17-5-11(20(26)25-31(2,27)28)3-4-16(17)12-6-18(23)24-19(7-12)30-15-9-13(21)8-14(22)10-15/h3-10H,1-2H3,(H,25,26). The Morgan fingerprint density at radius 2 is 1.68 bits per heavy atom. The first-order valence-corrected chi connectivity index (χ1v) is 11.6. The highest BCUT2D eigenvalue weighted by Crippen LogP contribution is 2.35. The van der Waals surface area contributed by atoms with E-state index in [1.54, 1.807) is 36.4 Å². The summed E-state index contributed by atoms with van der Waals surface area (Å²) in [4.78, 5) is 16.3. The maximum atomic E-state index is 12.1. The van der Waals surface area contributed by atoms with Gasteiger partial charge in [0.05, 0.1) is 13.4 Å². The van der Waals surface area contributed by atoms with E-state index >= 15 is 0 Å². The van der Waals surface area contributed by atoms with E-state index in [-0.39, 0.29) is 16.6 Å². The molecule has 0 unspecified atom stereocenters. The number of rotatable bonds is 6. The van der Waals surface area contributed by atoms with E-state index in [1.165, 1.54) is 19.2 Å². The molecule has 0 atom stereocenters. The molecule has 0 aliphatic heterocycles. The van der Waals surface area contributed by atoms with Crippen molar-refractivity contribution in [3.05, 3.63) is 69.3 Å².